The minimum absolute atomic E-state index is 0.0596. The standard InChI is InChI=1S/C12H22N4O2/c13-16(11(17)10-4-2-1-3-5-10)12(18)15-8-6-14-7-9-15/h10,14H,1-9,13H2. The molecule has 0 spiro atoms. The molecule has 2 aliphatic rings. The largest absolute Gasteiger partial charge is 0.341 e. The van der Waals surface area contributed by atoms with Gasteiger partial charge in [0.15, 0.2) is 0 Å². The molecule has 0 bridgehead atoms. The third kappa shape index (κ3) is 3.00. The molecule has 2 fully saturated rings. The zero-order valence-corrected chi connectivity index (χ0v) is 10.7. The van der Waals surface area contributed by atoms with Crippen LogP contribution in [-0.2, 0) is 4.79 Å². The van der Waals surface area contributed by atoms with Gasteiger partial charge in [-0.2, -0.15) is 5.01 Å². The van der Waals surface area contributed by atoms with Crippen molar-refractivity contribution >= 4 is 11.9 Å². The zero-order chi connectivity index (χ0) is 13.0. The van der Waals surface area contributed by atoms with Crippen molar-refractivity contribution in [3.05, 3.63) is 0 Å². The van der Waals surface area contributed by atoms with E-state index in [4.69, 9.17) is 5.84 Å². The maximum atomic E-state index is 12.1. The Morgan fingerprint density at radius 2 is 1.72 bits per heavy atom. The quantitative estimate of drug-likeness (QED) is 0.400. The van der Waals surface area contributed by atoms with E-state index in [0.29, 0.717) is 13.1 Å². The first kappa shape index (κ1) is 13.3. The predicted molar refractivity (Wildman–Crippen MR) is 67.4 cm³/mol. The molecular formula is C12H22N4O2. The van der Waals surface area contributed by atoms with Gasteiger partial charge in [-0.05, 0) is 12.8 Å². The topological polar surface area (TPSA) is 78.7 Å². The highest BCUT2D eigenvalue weighted by molar-refractivity contribution is 5.94. The minimum atomic E-state index is -0.355. The number of nitrogens with two attached hydrogens (primary N) is 1. The Bertz CT molecular complexity index is 279. The first-order valence-electron chi connectivity index (χ1n) is 6.78. The molecule has 1 aliphatic carbocycles. The van der Waals surface area contributed by atoms with E-state index in [1.54, 1.807) is 4.90 Å². The molecule has 102 valence electrons. The summed E-state index contributed by atoms with van der Waals surface area (Å²) in [6.07, 6.45) is 5.03. The predicted octanol–water partition coefficient (Wildman–Crippen LogP) is 0.294. The van der Waals surface area contributed by atoms with E-state index in [1.807, 2.05) is 0 Å². The number of carbonyl (C=O) groups is 2. The smallest absolute Gasteiger partial charge is 0.321 e. The molecule has 1 aliphatic heterocycles. The van der Waals surface area contributed by atoms with Crippen LogP contribution in [0.3, 0.4) is 0 Å². The molecule has 0 radical (unpaired) electrons. The lowest BCUT2D eigenvalue weighted by Crippen LogP contribution is -2.56. The van der Waals surface area contributed by atoms with E-state index < -0.39 is 0 Å². The summed E-state index contributed by atoms with van der Waals surface area (Å²) in [6, 6.07) is -0.355. The maximum absolute atomic E-state index is 12.1. The molecule has 6 nitrogen and oxygen atoms in total. The Hall–Kier alpha value is -1.14. The summed E-state index contributed by atoms with van der Waals surface area (Å²) in [5.74, 6) is 5.43. The molecule has 0 aromatic rings. The van der Waals surface area contributed by atoms with Gasteiger partial charge in [-0.25, -0.2) is 10.6 Å². The molecule has 0 atom stereocenters. The molecule has 18 heavy (non-hydrogen) atoms. The number of hydrazine groups is 1. The van der Waals surface area contributed by atoms with Crippen LogP contribution in [0.2, 0.25) is 0 Å². The SMILES string of the molecule is NN(C(=O)C1CCCCC1)C(=O)N1CCNCC1. The molecule has 0 aromatic heterocycles. The molecular weight excluding hydrogens is 232 g/mol. The number of hydrogen-bond donors (Lipinski definition) is 2. The van der Waals surface area contributed by atoms with Crippen LogP contribution in [0, 0.1) is 5.92 Å². The van der Waals surface area contributed by atoms with Gasteiger partial charge in [-0.3, -0.25) is 4.79 Å². The Labute approximate surface area is 107 Å². The molecule has 1 saturated carbocycles. The number of nitrogens with one attached hydrogen (secondary N) is 1. The van der Waals surface area contributed by atoms with Crippen LogP contribution in [0.5, 0.6) is 0 Å². The molecule has 1 saturated heterocycles. The second kappa shape index (κ2) is 6.15. The number of urea groups is 1. The van der Waals surface area contributed by atoms with E-state index in [-0.39, 0.29) is 17.9 Å². The van der Waals surface area contributed by atoms with Gasteiger partial charge in [-0.1, -0.05) is 19.3 Å². The Balaban J connectivity index is 1.90. The van der Waals surface area contributed by atoms with Crippen molar-refractivity contribution in [3.63, 3.8) is 0 Å². The highest BCUT2D eigenvalue weighted by atomic mass is 16.2. The zero-order valence-electron chi connectivity index (χ0n) is 10.7. The lowest BCUT2D eigenvalue weighted by molar-refractivity contribution is -0.134. The van der Waals surface area contributed by atoms with E-state index in [2.05, 4.69) is 5.32 Å². The number of imide groups is 1. The minimum Gasteiger partial charge on any atom is -0.321 e. The van der Waals surface area contributed by atoms with E-state index in [1.165, 1.54) is 6.42 Å². The molecule has 2 rings (SSSR count). The summed E-state index contributed by atoms with van der Waals surface area (Å²) >= 11 is 0. The third-order valence-electron chi connectivity index (χ3n) is 3.79. The van der Waals surface area contributed by atoms with Crippen molar-refractivity contribution in [2.45, 2.75) is 32.1 Å². The van der Waals surface area contributed by atoms with Crippen LogP contribution in [-0.4, -0.2) is 48.0 Å². The summed E-state index contributed by atoms with van der Waals surface area (Å²) in [7, 11) is 0. The number of hydrogen-bond acceptors (Lipinski definition) is 4. The lowest BCUT2D eigenvalue weighted by atomic mass is 9.88. The van der Waals surface area contributed by atoms with Crippen LogP contribution < -0.4 is 11.2 Å². The van der Waals surface area contributed by atoms with E-state index in [9.17, 15) is 9.59 Å². The van der Waals surface area contributed by atoms with Crippen molar-refractivity contribution in [1.29, 1.82) is 0 Å². The van der Waals surface area contributed by atoms with Gasteiger partial charge >= 0.3 is 6.03 Å². The monoisotopic (exact) mass is 254 g/mol. The average Bonchev–Trinajstić information content (AvgIpc) is 2.47. The summed E-state index contributed by atoms with van der Waals surface area (Å²) in [5.41, 5.74) is 0. The average molecular weight is 254 g/mol. The van der Waals surface area contributed by atoms with Gasteiger partial charge in [0.1, 0.15) is 0 Å². The van der Waals surface area contributed by atoms with Crippen LogP contribution in [0.25, 0.3) is 0 Å². The number of amides is 3. The third-order valence-corrected chi connectivity index (χ3v) is 3.79. The van der Waals surface area contributed by atoms with Crippen molar-refractivity contribution in [2.75, 3.05) is 26.2 Å². The Morgan fingerprint density at radius 3 is 2.33 bits per heavy atom. The molecule has 3 N–H and O–H groups in total. The number of nitrogens with zero attached hydrogens (tertiary/aromatic N) is 2. The van der Waals surface area contributed by atoms with E-state index in [0.717, 1.165) is 43.8 Å². The van der Waals surface area contributed by atoms with Crippen LogP contribution in [0.1, 0.15) is 32.1 Å². The highest BCUT2D eigenvalue weighted by Crippen LogP contribution is 2.25. The molecule has 0 aromatic carbocycles. The summed E-state index contributed by atoms with van der Waals surface area (Å²) in [6.45, 7) is 2.75. The van der Waals surface area contributed by atoms with Crippen molar-refractivity contribution in [2.24, 2.45) is 11.8 Å². The number of piperazine rings is 1. The van der Waals surface area contributed by atoms with Crippen LogP contribution in [0.15, 0.2) is 0 Å². The first-order chi connectivity index (χ1) is 8.70. The van der Waals surface area contributed by atoms with Gasteiger partial charge in [0.25, 0.3) is 0 Å². The molecule has 3 amide bonds. The normalized spacial score (nSPS) is 21.7. The van der Waals surface area contributed by atoms with Crippen molar-refractivity contribution in [1.82, 2.24) is 15.2 Å². The summed E-state index contributed by atoms with van der Waals surface area (Å²) in [5, 5.41) is 4.00. The maximum Gasteiger partial charge on any atom is 0.341 e. The Morgan fingerprint density at radius 1 is 1.11 bits per heavy atom. The van der Waals surface area contributed by atoms with Crippen LogP contribution >= 0.6 is 0 Å². The fraction of sp³-hybridized carbons (Fsp3) is 0.833. The van der Waals surface area contributed by atoms with Crippen molar-refractivity contribution < 1.29 is 9.59 Å². The molecule has 6 heteroatoms. The highest BCUT2D eigenvalue weighted by Gasteiger charge is 2.30. The van der Waals surface area contributed by atoms with Crippen molar-refractivity contribution in [3.8, 4) is 0 Å². The van der Waals surface area contributed by atoms with Gasteiger partial charge in [0, 0.05) is 32.1 Å². The fourth-order valence-corrected chi connectivity index (χ4v) is 2.65. The molecule has 0 unspecified atom stereocenters. The first-order valence-corrected chi connectivity index (χ1v) is 6.78. The van der Waals surface area contributed by atoms with Gasteiger partial charge < -0.3 is 10.2 Å². The van der Waals surface area contributed by atoms with Gasteiger partial charge in [0.2, 0.25) is 5.91 Å². The fourth-order valence-electron chi connectivity index (χ4n) is 2.65. The van der Waals surface area contributed by atoms with Gasteiger partial charge in [0.05, 0.1) is 0 Å². The number of carbonyl (C=O) groups excluding carboxylic acids is 2. The lowest BCUT2D eigenvalue weighted by Gasteiger charge is -2.32. The Kier molecular flexibility index (Phi) is 4.54. The molecule has 1 heterocycles. The summed E-state index contributed by atoms with van der Waals surface area (Å²) < 4.78 is 0. The second-order valence-electron chi connectivity index (χ2n) is 5.06. The van der Waals surface area contributed by atoms with Gasteiger partial charge in [-0.15, -0.1) is 0 Å². The van der Waals surface area contributed by atoms with Crippen LogP contribution in [0.4, 0.5) is 4.79 Å². The second-order valence-corrected chi connectivity index (χ2v) is 5.06. The summed E-state index contributed by atoms with van der Waals surface area (Å²) in [4.78, 5) is 25.8. The van der Waals surface area contributed by atoms with E-state index >= 15 is 0 Å². The number of rotatable bonds is 1.